The molecule has 0 unspecified atom stereocenters. The highest BCUT2D eigenvalue weighted by atomic mass is 35.5. The van der Waals surface area contributed by atoms with Crippen molar-refractivity contribution in [3.05, 3.63) is 107 Å². The fourth-order valence-electron chi connectivity index (χ4n) is 3.89. The van der Waals surface area contributed by atoms with E-state index >= 15 is 0 Å². The van der Waals surface area contributed by atoms with Crippen LogP contribution in [0.5, 0.6) is 0 Å². The minimum Gasteiger partial charge on any atom is -0.369 e. The largest absolute Gasteiger partial charge is 0.369 e. The summed E-state index contributed by atoms with van der Waals surface area (Å²) in [6.07, 6.45) is 0.724. The quantitative estimate of drug-likeness (QED) is 0.574. The third-order valence-electron chi connectivity index (χ3n) is 5.49. The molecule has 1 aliphatic rings. The molecule has 0 aliphatic carbocycles. The summed E-state index contributed by atoms with van der Waals surface area (Å²) in [5.74, 6) is 0. The Morgan fingerprint density at radius 3 is 2.10 bits per heavy atom. The number of piperidine rings is 1. The third-order valence-corrected chi connectivity index (χ3v) is 5.74. The molecule has 1 N–H and O–H groups in total. The van der Waals surface area contributed by atoms with Crippen molar-refractivity contribution in [2.75, 3.05) is 13.1 Å². The van der Waals surface area contributed by atoms with Crippen molar-refractivity contribution in [1.29, 1.82) is 0 Å². The SMILES string of the molecule is Clc1ccc([C@]2(OCc3ccccc3)CCNC[C@H]2OCc2ccccc2)cc1. The van der Waals surface area contributed by atoms with Crippen LogP contribution in [-0.2, 0) is 28.3 Å². The van der Waals surface area contributed by atoms with E-state index in [0.717, 1.165) is 41.2 Å². The second-order valence-electron chi connectivity index (χ2n) is 7.41. The predicted molar refractivity (Wildman–Crippen MR) is 117 cm³/mol. The van der Waals surface area contributed by atoms with Crippen LogP contribution in [0.1, 0.15) is 23.1 Å². The topological polar surface area (TPSA) is 30.5 Å². The van der Waals surface area contributed by atoms with Gasteiger partial charge in [0.05, 0.1) is 13.2 Å². The Bertz CT molecular complexity index is 886. The van der Waals surface area contributed by atoms with Gasteiger partial charge in [-0.2, -0.15) is 0 Å². The van der Waals surface area contributed by atoms with Crippen molar-refractivity contribution in [1.82, 2.24) is 5.32 Å². The molecule has 0 bridgehead atoms. The fourth-order valence-corrected chi connectivity index (χ4v) is 4.02. The van der Waals surface area contributed by atoms with E-state index in [1.54, 1.807) is 0 Å². The van der Waals surface area contributed by atoms with E-state index in [1.165, 1.54) is 0 Å². The Morgan fingerprint density at radius 2 is 1.45 bits per heavy atom. The summed E-state index contributed by atoms with van der Waals surface area (Å²) in [5, 5.41) is 4.20. The van der Waals surface area contributed by atoms with Crippen molar-refractivity contribution in [2.45, 2.75) is 31.3 Å². The van der Waals surface area contributed by atoms with Crippen molar-refractivity contribution in [3.8, 4) is 0 Å². The molecular weight excluding hydrogens is 382 g/mol. The molecule has 3 aromatic carbocycles. The van der Waals surface area contributed by atoms with E-state index in [0.29, 0.717) is 13.2 Å². The zero-order valence-electron chi connectivity index (χ0n) is 16.4. The van der Waals surface area contributed by atoms with Crippen LogP contribution in [0.15, 0.2) is 84.9 Å². The average Bonchev–Trinajstić information content (AvgIpc) is 2.79. The van der Waals surface area contributed by atoms with Crippen LogP contribution >= 0.6 is 11.6 Å². The van der Waals surface area contributed by atoms with Gasteiger partial charge in [-0.1, -0.05) is 84.4 Å². The van der Waals surface area contributed by atoms with Crippen molar-refractivity contribution >= 4 is 11.6 Å². The number of ether oxygens (including phenoxy) is 2. The average molecular weight is 408 g/mol. The summed E-state index contributed by atoms with van der Waals surface area (Å²) in [6.45, 7) is 2.71. The molecule has 1 heterocycles. The van der Waals surface area contributed by atoms with Crippen LogP contribution in [-0.4, -0.2) is 19.2 Å². The number of halogens is 1. The molecule has 0 aromatic heterocycles. The van der Waals surface area contributed by atoms with Gasteiger partial charge in [0.25, 0.3) is 0 Å². The van der Waals surface area contributed by atoms with E-state index in [1.807, 2.05) is 48.5 Å². The van der Waals surface area contributed by atoms with Crippen LogP contribution in [0, 0.1) is 0 Å². The van der Waals surface area contributed by atoms with Gasteiger partial charge in [0.1, 0.15) is 11.7 Å². The second-order valence-corrected chi connectivity index (χ2v) is 7.85. The summed E-state index contributed by atoms with van der Waals surface area (Å²) in [7, 11) is 0. The molecule has 4 rings (SSSR count). The van der Waals surface area contributed by atoms with Gasteiger partial charge >= 0.3 is 0 Å². The summed E-state index contributed by atoms with van der Waals surface area (Å²) < 4.78 is 13.1. The first-order valence-electron chi connectivity index (χ1n) is 10.1. The van der Waals surface area contributed by atoms with Gasteiger partial charge in [-0.05, 0) is 41.8 Å². The van der Waals surface area contributed by atoms with Gasteiger partial charge in [-0.25, -0.2) is 0 Å². The molecule has 2 atom stereocenters. The van der Waals surface area contributed by atoms with Gasteiger partial charge in [-0.3, -0.25) is 0 Å². The van der Waals surface area contributed by atoms with Crippen LogP contribution in [0.25, 0.3) is 0 Å². The Kier molecular flexibility index (Phi) is 6.63. The predicted octanol–water partition coefficient (Wildman–Crippen LogP) is 5.33. The summed E-state index contributed by atoms with van der Waals surface area (Å²) >= 11 is 6.16. The molecule has 0 saturated carbocycles. The molecular formula is C25H26ClNO2. The number of benzene rings is 3. The van der Waals surface area contributed by atoms with Crippen LogP contribution in [0.4, 0.5) is 0 Å². The summed E-state index contributed by atoms with van der Waals surface area (Å²) in [4.78, 5) is 0. The Balaban J connectivity index is 1.61. The molecule has 150 valence electrons. The van der Waals surface area contributed by atoms with Crippen molar-refractivity contribution in [3.63, 3.8) is 0 Å². The molecule has 29 heavy (non-hydrogen) atoms. The van der Waals surface area contributed by atoms with Gasteiger partial charge in [0.2, 0.25) is 0 Å². The third kappa shape index (κ3) is 4.88. The number of hydrogen-bond acceptors (Lipinski definition) is 3. The van der Waals surface area contributed by atoms with Gasteiger partial charge < -0.3 is 14.8 Å². The monoisotopic (exact) mass is 407 g/mol. The lowest BCUT2D eigenvalue weighted by Gasteiger charge is -2.44. The molecule has 1 aliphatic heterocycles. The Morgan fingerprint density at radius 1 is 0.828 bits per heavy atom. The highest BCUT2D eigenvalue weighted by molar-refractivity contribution is 6.30. The zero-order chi connectivity index (χ0) is 19.9. The molecule has 3 aromatic rings. The summed E-state index contributed by atoms with van der Waals surface area (Å²) in [5.41, 5.74) is 2.89. The molecule has 1 saturated heterocycles. The molecule has 4 heteroatoms. The smallest absolute Gasteiger partial charge is 0.122 e. The number of nitrogens with one attached hydrogen (secondary N) is 1. The Hall–Kier alpha value is -2.17. The van der Waals surface area contributed by atoms with Crippen LogP contribution < -0.4 is 5.32 Å². The standard InChI is InChI=1S/C25H26ClNO2/c26-23-13-11-22(12-14-23)25(29-19-21-9-5-2-6-10-21)15-16-27-17-24(25)28-18-20-7-3-1-4-8-20/h1-14,24,27H,15-19H2/t24-,25-/m1/s1. The minimum absolute atomic E-state index is 0.110. The molecule has 3 nitrogen and oxygen atoms in total. The second kappa shape index (κ2) is 9.55. The fraction of sp³-hybridized carbons (Fsp3) is 0.280. The molecule has 0 radical (unpaired) electrons. The van der Waals surface area contributed by atoms with Crippen LogP contribution in [0.3, 0.4) is 0 Å². The maximum absolute atomic E-state index is 6.68. The lowest BCUT2D eigenvalue weighted by molar-refractivity contribution is -0.176. The Labute approximate surface area is 177 Å². The van der Waals surface area contributed by atoms with Gasteiger partial charge in [0.15, 0.2) is 0 Å². The lowest BCUT2D eigenvalue weighted by atomic mass is 9.82. The molecule has 0 spiro atoms. The molecule has 0 amide bonds. The van der Waals surface area contributed by atoms with Gasteiger partial charge in [-0.15, -0.1) is 0 Å². The van der Waals surface area contributed by atoms with E-state index in [4.69, 9.17) is 21.1 Å². The van der Waals surface area contributed by atoms with Gasteiger partial charge in [0, 0.05) is 11.6 Å². The first kappa shape index (κ1) is 20.1. The van der Waals surface area contributed by atoms with E-state index < -0.39 is 5.60 Å². The van der Waals surface area contributed by atoms with E-state index in [2.05, 4.69) is 41.7 Å². The minimum atomic E-state index is -0.527. The highest BCUT2D eigenvalue weighted by Crippen LogP contribution is 2.38. The normalized spacial score (nSPS) is 21.8. The molecule has 1 fully saturated rings. The van der Waals surface area contributed by atoms with Crippen molar-refractivity contribution in [2.24, 2.45) is 0 Å². The van der Waals surface area contributed by atoms with E-state index in [9.17, 15) is 0 Å². The number of hydrogen-bond donors (Lipinski definition) is 1. The van der Waals surface area contributed by atoms with E-state index in [-0.39, 0.29) is 6.10 Å². The first-order chi connectivity index (χ1) is 14.3. The maximum atomic E-state index is 6.68. The maximum Gasteiger partial charge on any atom is 0.122 e. The highest BCUT2D eigenvalue weighted by Gasteiger charge is 2.44. The number of rotatable bonds is 7. The van der Waals surface area contributed by atoms with Crippen molar-refractivity contribution < 1.29 is 9.47 Å². The summed E-state index contributed by atoms with van der Waals surface area (Å²) in [6, 6.07) is 28.6. The zero-order valence-corrected chi connectivity index (χ0v) is 17.1. The lowest BCUT2D eigenvalue weighted by Crippen LogP contribution is -2.54. The van der Waals surface area contributed by atoms with Crippen LogP contribution in [0.2, 0.25) is 5.02 Å². The first-order valence-corrected chi connectivity index (χ1v) is 10.4.